The molecule has 4 heterocycles. The molecule has 0 atom stereocenters. The quantitative estimate of drug-likeness (QED) is 0.492. The Hall–Kier alpha value is -3.39. The van der Waals surface area contributed by atoms with Crippen molar-refractivity contribution in [2.45, 2.75) is 26.2 Å². The van der Waals surface area contributed by atoms with Gasteiger partial charge in [-0.2, -0.15) is 5.10 Å². The zero-order valence-electron chi connectivity index (χ0n) is 16.8. The van der Waals surface area contributed by atoms with Crippen LogP contribution in [0.25, 0.3) is 16.5 Å². The number of hydrogen-bond acceptors (Lipinski definition) is 6. The summed E-state index contributed by atoms with van der Waals surface area (Å²) >= 11 is 1.62. The number of hydrogen-bond donors (Lipinski definition) is 1. The van der Waals surface area contributed by atoms with Gasteiger partial charge in [-0.25, -0.2) is 14.6 Å². The van der Waals surface area contributed by atoms with Crippen molar-refractivity contribution in [3.8, 4) is 16.5 Å². The third-order valence-electron chi connectivity index (χ3n) is 4.65. The van der Waals surface area contributed by atoms with Crippen LogP contribution in [-0.2, 0) is 6.42 Å². The number of nitrogens with one attached hydrogen (secondary N) is 1. The molecule has 0 unspecified atom stereocenters. The van der Waals surface area contributed by atoms with Crippen molar-refractivity contribution < 1.29 is 4.79 Å². The van der Waals surface area contributed by atoms with E-state index in [1.54, 1.807) is 40.8 Å². The van der Waals surface area contributed by atoms with Crippen LogP contribution < -0.4 is 5.32 Å². The van der Waals surface area contributed by atoms with Crippen molar-refractivity contribution >= 4 is 17.2 Å². The third-order valence-corrected chi connectivity index (χ3v) is 5.54. The number of rotatable bonds is 7. The molecular formula is C22H22N6OS. The summed E-state index contributed by atoms with van der Waals surface area (Å²) in [6.45, 7) is 4.60. The van der Waals surface area contributed by atoms with Crippen LogP contribution in [0.1, 0.15) is 41.4 Å². The molecule has 1 amide bonds. The molecular weight excluding hydrogens is 396 g/mol. The van der Waals surface area contributed by atoms with Gasteiger partial charge in [0.1, 0.15) is 0 Å². The summed E-state index contributed by atoms with van der Waals surface area (Å²) in [5.74, 6) is 0.385. The first-order valence-corrected chi connectivity index (χ1v) is 10.6. The Morgan fingerprint density at radius 1 is 1.17 bits per heavy atom. The number of aromatic nitrogens is 5. The number of carbonyl (C=O) groups excluding carboxylic acids is 1. The predicted octanol–water partition coefficient (Wildman–Crippen LogP) is 3.88. The number of carbonyl (C=O) groups is 1. The van der Waals surface area contributed by atoms with Gasteiger partial charge in [0.2, 0.25) is 0 Å². The van der Waals surface area contributed by atoms with Gasteiger partial charge in [-0.1, -0.05) is 19.9 Å². The second-order valence-electron chi connectivity index (χ2n) is 7.09. The fourth-order valence-corrected chi connectivity index (χ4v) is 3.92. The number of nitrogens with zero attached hydrogens (tertiary/aromatic N) is 5. The zero-order valence-corrected chi connectivity index (χ0v) is 17.6. The van der Waals surface area contributed by atoms with Gasteiger partial charge in [-0.05, 0) is 47.5 Å². The molecule has 0 aromatic carbocycles. The van der Waals surface area contributed by atoms with Crippen LogP contribution in [0.15, 0.2) is 60.5 Å². The highest BCUT2D eigenvalue weighted by Crippen LogP contribution is 2.25. The van der Waals surface area contributed by atoms with Crippen LogP contribution in [0, 0.1) is 0 Å². The van der Waals surface area contributed by atoms with Gasteiger partial charge in [-0.3, -0.25) is 9.78 Å². The van der Waals surface area contributed by atoms with Crippen LogP contribution in [0.5, 0.6) is 0 Å². The molecule has 8 heteroatoms. The van der Waals surface area contributed by atoms with Crippen molar-refractivity contribution in [1.29, 1.82) is 0 Å². The summed E-state index contributed by atoms with van der Waals surface area (Å²) in [4.78, 5) is 27.0. The van der Waals surface area contributed by atoms with Gasteiger partial charge in [-0.15, -0.1) is 11.3 Å². The maximum Gasteiger partial charge on any atom is 0.254 e. The van der Waals surface area contributed by atoms with E-state index in [1.165, 1.54) is 0 Å². The Morgan fingerprint density at radius 2 is 2.00 bits per heavy atom. The molecule has 0 spiro atoms. The van der Waals surface area contributed by atoms with Crippen molar-refractivity contribution in [3.05, 3.63) is 77.3 Å². The van der Waals surface area contributed by atoms with Crippen molar-refractivity contribution in [3.63, 3.8) is 0 Å². The van der Waals surface area contributed by atoms with Gasteiger partial charge in [0.25, 0.3) is 11.9 Å². The second-order valence-corrected chi connectivity index (χ2v) is 8.04. The summed E-state index contributed by atoms with van der Waals surface area (Å²) < 4.78 is 1.67. The number of pyridine rings is 1. The predicted molar refractivity (Wildman–Crippen MR) is 117 cm³/mol. The monoisotopic (exact) mass is 418 g/mol. The minimum Gasteiger partial charge on any atom is -0.352 e. The molecule has 4 rings (SSSR count). The van der Waals surface area contributed by atoms with Crippen molar-refractivity contribution in [1.82, 2.24) is 30.0 Å². The lowest BCUT2D eigenvalue weighted by atomic mass is 10.1. The van der Waals surface area contributed by atoms with E-state index in [0.29, 0.717) is 18.1 Å². The first-order valence-electron chi connectivity index (χ1n) is 9.76. The third kappa shape index (κ3) is 4.28. The van der Waals surface area contributed by atoms with Crippen molar-refractivity contribution in [2.24, 2.45) is 0 Å². The molecule has 4 aromatic heterocycles. The summed E-state index contributed by atoms with van der Waals surface area (Å²) in [5.41, 5.74) is 3.30. The first-order chi connectivity index (χ1) is 14.6. The average Bonchev–Trinajstić information content (AvgIpc) is 3.45. The Balaban J connectivity index is 1.56. The van der Waals surface area contributed by atoms with E-state index in [-0.39, 0.29) is 11.8 Å². The lowest BCUT2D eigenvalue weighted by Gasteiger charge is -2.12. The van der Waals surface area contributed by atoms with Gasteiger partial charge < -0.3 is 5.32 Å². The largest absolute Gasteiger partial charge is 0.352 e. The SMILES string of the molecule is CC(C)c1c(C(=O)NCCc2ccncc2)cnn1-c1nccc(-c2cccs2)n1. The van der Waals surface area contributed by atoms with E-state index in [2.05, 4.69) is 25.4 Å². The van der Waals surface area contributed by atoms with E-state index in [0.717, 1.165) is 28.2 Å². The normalized spacial score (nSPS) is 11.0. The Labute approximate surface area is 178 Å². The van der Waals surface area contributed by atoms with Gasteiger partial charge in [0, 0.05) is 25.1 Å². The van der Waals surface area contributed by atoms with Crippen molar-refractivity contribution in [2.75, 3.05) is 6.54 Å². The molecule has 30 heavy (non-hydrogen) atoms. The minimum atomic E-state index is -0.145. The maximum absolute atomic E-state index is 12.8. The molecule has 0 bridgehead atoms. The minimum absolute atomic E-state index is 0.0717. The molecule has 0 radical (unpaired) electrons. The topological polar surface area (TPSA) is 85.6 Å². The Bertz CT molecular complexity index is 1120. The molecule has 1 N–H and O–H groups in total. The van der Waals surface area contributed by atoms with E-state index < -0.39 is 0 Å². The summed E-state index contributed by atoms with van der Waals surface area (Å²) in [7, 11) is 0. The molecule has 0 saturated heterocycles. The summed E-state index contributed by atoms with van der Waals surface area (Å²) in [6.07, 6.45) is 7.56. The van der Waals surface area contributed by atoms with Crippen LogP contribution in [0.3, 0.4) is 0 Å². The molecule has 0 fully saturated rings. The molecule has 0 aliphatic carbocycles. The Morgan fingerprint density at radius 3 is 2.73 bits per heavy atom. The summed E-state index contributed by atoms with van der Waals surface area (Å²) in [5, 5.41) is 9.45. The van der Waals surface area contributed by atoms with E-state index >= 15 is 0 Å². The lowest BCUT2D eigenvalue weighted by Crippen LogP contribution is -2.26. The fourth-order valence-electron chi connectivity index (χ4n) is 3.22. The average molecular weight is 419 g/mol. The van der Waals surface area contributed by atoms with Crippen LogP contribution in [0.2, 0.25) is 0 Å². The fraction of sp³-hybridized carbons (Fsp3) is 0.227. The highest BCUT2D eigenvalue weighted by molar-refractivity contribution is 7.13. The van der Waals surface area contributed by atoms with Gasteiger partial charge in [0.05, 0.1) is 28.0 Å². The lowest BCUT2D eigenvalue weighted by molar-refractivity contribution is 0.0952. The van der Waals surface area contributed by atoms with Crippen LogP contribution in [0.4, 0.5) is 0 Å². The van der Waals surface area contributed by atoms with Crippen LogP contribution in [-0.4, -0.2) is 37.2 Å². The maximum atomic E-state index is 12.8. The summed E-state index contributed by atoms with van der Waals surface area (Å²) in [6, 6.07) is 9.78. The van der Waals surface area contributed by atoms with Gasteiger partial charge >= 0.3 is 0 Å². The first kappa shape index (κ1) is 19.9. The van der Waals surface area contributed by atoms with Crippen LogP contribution >= 0.6 is 11.3 Å². The molecule has 7 nitrogen and oxygen atoms in total. The van der Waals surface area contributed by atoms with E-state index in [4.69, 9.17) is 0 Å². The second kappa shape index (κ2) is 8.96. The molecule has 0 saturated carbocycles. The Kier molecular flexibility index (Phi) is 5.94. The highest BCUT2D eigenvalue weighted by Gasteiger charge is 2.22. The molecule has 0 aliphatic rings. The van der Waals surface area contributed by atoms with E-state index in [9.17, 15) is 4.79 Å². The van der Waals surface area contributed by atoms with Gasteiger partial charge in [0.15, 0.2) is 0 Å². The smallest absolute Gasteiger partial charge is 0.254 e. The molecule has 152 valence electrons. The molecule has 0 aliphatic heterocycles. The highest BCUT2D eigenvalue weighted by atomic mass is 32.1. The number of amides is 1. The standard InChI is InChI=1S/C22H22N6OS/c1-15(2)20-17(21(29)24-11-7-16-5-9-23-10-6-16)14-26-28(20)22-25-12-8-18(27-22)19-4-3-13-30-19/h3-6,8-10,12-15H,7,11H2,1-2H3,(H,24,29). The number of thiophene rings is 1. The zero-order chi connectivity index (χ0) is 20.9. The van der Waals surface area contributed by atoms with E-state index in [1.807, 2.05) is 49.6 Å². The molecule has 4 aromatic rings.